The molecule has 0 unspecified atom stereocenters. The average Bonchev–Trinajstić information content (AvgIpc) is 2.82. The van der Waals surface area contributed by atoms with Crippen molar-refractivity contribution in [3.63, 3.8) is 0 Å². The van der Waals surface area contributed by atoms with E-state index in [1.807, 2.05) is 24.3 Å². The lowest BCUT2D eigenvalue weighted by Gasteiger charge is -2.01. The molecular formula is C15H12N2S. The SMILES string of the molecule is N=C(N)c1cccc(-c2cc3ccccc3s2)c1. The molecule has 18 heavy (non-hydrogen) atoms. The zero-order valence-corrected chi connectivity index (χ0v) is 10.5. The standard InChI is InChI=1S/C15H12N2S/c16-15(17)12-6-3-5-10(8-12)14-9-11-4-1-2-7-13(11)18-14/h1-9H,(H3,16,17). The molecule has 3 N–H and O–H groups in total. The van der Waals surface area contributed by atoms with Gasteiger partial charge in [0, 0.05) is 15.1 Å². The third kappa shape index (κ3) is 1.89. The molecule has 3 heteroatoms. The van der Waals surface area contributed by atoms with Crippen LogP contribution in [0.5, 0.6) is 0 Å². The molecule has 3 rings (SSSR count). The number of thiophene rings is 1. The highest BCUT2D eigenvalue weighted by Crippen LogP contribution is 2.33. The highest BCUT2D eigenvalue weighted by atomic mass is 32.1. The highest BCUT2D eigenvalue weighted by Gasteiger charge is 2.05. The van der Waals surface area contributed by atoms with Gasteiger partial charge in [-0.05, 0) is 29.1 Å². The number of rotatable bonds is 2. The smallest absolute Gasteiger partial charge is 0.122 e. The van der Waals surface area contributed by atoms with Crippen LogP contribution in [-0.2, 0) is 0 Å². The van der Waals surface area contributed by atoms with Gasteiger partial charge >= 0.3 is 0 Å². The molecule has 0 spiro atoms. The third-order valence-electron chi connectivity index (χ3n) is 2.88. The number of nitrogen functional groups attached to an aromatic ring is 1. The number of fused-ring (bicyclic) bond motifs is 1. The van der Waals surface area contributed by atoms with Gasteiger partial charge in [-0.3, -0.25) is 5.41 Å². The topological polar surface area (TPSA) is 49.9 Å². The molecule has 0 amide bonds. The second-order valence-electron chi connectivity index (χ2n) is 4.14. The summed E-state index contributed by atoms with van der Waals surface area (Å²) in [4.78, 5) is 1.21. The highest BCUT2D eigenvalue weighted by molar-refractivity contribution is 7.22. The summed E-state index contributed by atoms with van der Waals surface area (Å²) in [5.41, 5.74) is 7.41. The summed E-state index contributed by atoms with van der Waals surface area (Å²) in [6.07, 6.45) is 0. The number of hydrogen-bond acceptors (Lipinski definition) is 2. The summed E-state index contributed by atoms with van der Waals surface area (Å²) in [6, 6.07) is 18.3. The van der Waals surface area contributed by atoms with Crippen molar-refractivity contribution in [2.75, 3.05) is 0 Å². The van der Waals surface area contributed by atoms with Crippen molar-refractivity contribution in [1.29, 1.82) is 5.41 Å². The molecule has 88 valence electrons. The van der Waals surface area contributed by atoms with Gasteiger partial charge in [-0.25, -0.2) is 0 Å². The Labute approximate surface area is 109 Å². The van der Waals surface area contributed by atoms with E-state index >= 15 is 0 Å². The molecule has 0 saturated heterocycles. The molecule has 3 aromatic rings. The Bertz CT molecular complexity index is 695. The molecule has 2 aromatic carbocycles. The number of hydrogen-bond donors (Lipinski definition) is 2. The maximum atomic E-state index is 7.48. The fourth-order valence-electron chi connectivity index (χ4n) is 1.96. The molecule has 0 saturated carbocycles. The summed E-state index contributed by atoms with van der Waals surface area (Å²) in [5, 5.41) is 8.74. The van der Waals surface area contributed by atoms with E-state index in [2.05, 4.69) is 30.3 Å². The summed E-state index contributed by atoms with van der Waals surface area (Å²) < 4.78 is 1.28. The van der Waals surface area contributed by atoms with Crippen LogP contribution in [0.15, 0.2) is 54.6 Å². The van der Waals surface area contributed by atoms with Gasteiger partial charge in [0.2, 0.25) is 0 Å². The first-order chi connectivity index (χ1) is 8.74. The van der Waals surface area contributed by atoms with E-state index in [9.17, 15) is 0 Å². The zero-order valence-electron chi connectivity index (χ0n) is 9.68. The predicted molar refractivity (Wildman–Crippen MR) is 78.3 cm³/mol. The normalized spacial score (nSPS) is 10.7. The lowest BCUT2D eigenvalue weighted by atomic mass is 10.1. The summed E-state index contributed by atoms with van der Waals surface area (Å²) >= 11 is 1.76. The molecule has 1 aromatic heterocycles. The van der Waals surface area contributed by atoms with Crippen molar-refractivity contribution < 1.29 is 0 Å². The van der Waals surface area contributed by atoms with E-state index in [1.54, 1.807) is 11.3 Å². The van der Waals surface area contributed by atoms with E-state index in [-0.39, 0.29) is 5.84 Å². The Hall–Kier alpha value is -2.13. The second kappa shape index (κ2) is 4.27. The Morgan fingerprint density at radius 2 is 1.83 bits per heavy atom. The fourth-order valence-corrected chi connectivity index (χ4v) is 3.02. The van der Waals surface area contributed by atoms with Gasteiger partial charge in [-0.1, -0.05) is 36.4 Å². The molecular weight excluding hydrogens is 240 g/mol. The van der Waals surface area contributed by atoms with Gasteiger partial charge in [0.25, 0.3) is 0 Å². The molecule has 0 bridgehead atoms. The van der Waals surface area contributed by atoms with Crippen LogP contribution in [0.25, 0.3) is 20.5 Å². The minimum atomic E-state index is 0.109. The minimum Gasteiger partial charge on any atom is -0.384 e. The largest absolute Gasteiger partial charge is 0.384 e. The van der Waals surface area contributed by atoms with E-state index in [4.69, 9.17) is 11.1 Å². The molecule has 1 heterocycles. The first-order valence-corrected chi connectivity index (χ1v) is 6.49. The van der Waals surface area contributed by atoms with Crippen LogP contribution < -0.4 is 5.73 Å². The molecule has 0 fully saturated rings. The van der Waals surface area contributed by atoms with Crippen LogP contribution in [0.4, 0.5) is 0 Å². The van der Waals surface area contributed by atoms with Gasteiger partial charge < -0.3 is 5.73 Å². The van der Waals surface area contributed by atoms with Crippen LogP contribution in [-0.4, -0.2) is 5.84 Å². The quantitative estimate of drug-likeness (QED) is 0.528. The van der Waals surface area contributed by atoms with Crippen LogP contribution in [0, 0.1) is 5.41 Å². The van der Waals surface area contributed by atoms with Crippen LogP contribution in [0.1, 0.15) is 5.56 Å². The monoisotopic (exact) mass is 252 g/mol. The number of nitrogens with two attached hydrogens (primary N) is 1. The lowest BCUT2D eigenvalue weighted by molar-refractivity contribution is 1.43. The minimum absolute atomic E-state index is 0.109. The molecule has 0 radical (unpaired) electrons. The predicted octanol–water partition coefficient (Wildman–Crippen LogP) is 3.85. The van der Waals surface area contributed by atoms with E-state index in [0.29, 0.717) is 0 Å². The van der Waals surface area contributed by atoms with Gasteiger partial charge in [-0.2, -0.15) is 0 Å². The number of nitrogens with one attached hydrogen (secondary N) is 1. The van der Waals surface area contributed by atoms with Gasteiger partial charge in [0.1, 0.15) is 5.84 Å². The maximum absolute atomic E-state index is 7.48. The van der Waals surface area contributed by atoms with Gasteiger partial charge in [0.15, 0.2) is 0 Å². The molecule has 0 atom stereocenters. The van der Waals surface area contributed by atoms with Crippen molar-refractivity contribution in [3.05, 3.63) is 60.2 Å². The van der Waals surface area contributed by atoms with Crippen molar-refractivity contribution in [1.82, 2.24) is 0 Å². The van der Waals surface area contributed by atoms with Crippen molar-refractivity contribution >= 4 is 27.3 Å². The maximum Gasteiger partial charge on any atom is 0.122 e. The van der Waals surface area contributed by atoms with Gasteiger partial charge in [0.05, 0.1) is 0 Å². The molecule has 2 nitrogen and oxygen atoms in total. The first-order valence-electron chi connectivity index (χ1n) is 5.67. The Morgan fingerprint density at radius 1 is 1.00 bits per heavy atom. The van der Waals surface area contributed by atoms with E-state index in [0.717, 1.165) is 11.1 Å². The van der Waals surface area contributed by atoms with Crippen LogP contribution in [0.2, 0.25) is 0 Å². The van der Waals surface area contributed by atoms with Crippen molar-refractivity contribution in [2.24, 2.45) is 5.73 Å². The third-order valence-corrected chi connectivity index (χ3v) is 4.05. The summed E-state index contributed by atoms with van der Waals surface area (Å²) in [7, 11) is 0. The number of amidine groups is 1. The first kappa shape index (κ1) is 11.0. The Balaban J connectivity index is 2.13. The van der Waals surface area contributed by atoms with Crippen LogP contribution in [0.3, 0.4) is 0 Å². The summed E-state index contributed by atoms with van der Waals surface area (Å²) in [6.45, 7) is 0. The molecule has 0 aliphatic heterocycles. The molecule has 0 aliphatic carbocycles. The Morgan fingerprint density at radius 3 is 2.61 bits per heavy atom. The fraction of sp³-hybridized carbons (Fsp3) is 0. The molecule has 0 aliphatic rings. The van der Waals surface area contributed by atoms with E-state index < -0.39 is 0 Å². The zero-order chi connectivity index (χ0) is 12.5. The average molecular weight is 252 g/mol. The summed E-state index contributed by atoms with van der Waals surface area (Å²) in [5.74, 6) is 0.109. The Kier molecular flexibility index (Phi) is 2.61. The number of benzene rings is 2. The van der Waals surface area contributed by atoms with Crippen molar-refractivity contribution in [2.45, 2.75) is 0 Å². The van der Waals surface area contributed by atoms with Gasteiger partial charge in [-0.15, -0.1) is 11.3 Å². The van der Waals surface area contributed by atoms with Crippen LogP contribution >= 0.6 is 11.3 Å². The van der Waals surface area contributed by atoms with Crippen molar-refractivity contribution in [3.8, 4) is 10.4 Å². The van der Waals surface area contributed by atoms with E-state index in [1.165, 1.54) is 15.0 Å². The second-order valence-corrected chi connectivity index (χ2v) is 5.23. The lowest BCUT2D eigenvalue weighted by Crippen LogP contribution is -2.10.